The summed E-state index contributed by atoms with van der Waals surface area (Å²) >= 11 is 0. The SMILES string of the molecule is F[P-](F)(F)(F)(F)F.F[P-](F)(F)(F)(F)F.F[P-](F)(F)(F)(F)F.[Rh+3].c1ccc(P(c2ccccc2)c2ccccc2)cc1.c1ccc(P(c2ccccc2)c2ccccc2)cc1. The van der Waals surface area contributed by atoms with E-state index in [2.05, 4.69) is 182 Å². The minimum atomic E-state index is -10.7. The van der Waals surface area contributed by atoms with Crippen molar-refractivity contribution in [2.45, 2.75) is 0 Å². The first kappa shape index (κ1) is 54.9. The Bertz CT molecular complexity index is 1760. The van der Waals surface area contributed by atoms with E-state index >= 15 is 0 Å². The molecule has 6 aromatic rings. The first-order chi connectivity index (χ1) is 26.2. The molecule has 0 saturated carbocycles. The van der Waals surface area contributed by atoms with Gasteiger partial charge in [-0.25, -0.2) is 0 Å². The van der Waals surface area contributed by atoms with E-state index in [9.17, 15) is 75.5 Å². The molecule has 60 heavy (non-hydrogen) atoms. The maximum Gasteiger partial charge on any atom is 3.00 e. The molecule has 0 saturated heterocycles. The largest absolute Gasteiger partial charge is 3.00 e. The van der Waals surface area contributed by atoms with Gasteiger partial charge in [0.2, 0.25) is 0 Å². The van der Waals surface area contributed by atoms with Gasteiger partial charge in [-0.05, 0) is 47.7 Å². The molecule has 0 nitrogen and oxygen atoms in total. The molecular weight excluding hydrogens is 1030 g/mol. The quantitative estimate of drug-likeness (QED) is 0.0886. The average molecular weight is 1060 g/mol. The van der Waals surface area contributed by atoms with E-state index in [0.717, 1.165) is 0 Å². The topological polar surface area (TPSA) is 0 Å². The van der Waals surface area contributed by atoms with Gasteiger partial charge >= 0.3 is 118 Å². The molecule has 0 aliphatic carbocycles. The summed E-state index contributed by atoms with van der Waals surface area (Å²) in [6, 6.07) is 64.7. The molecule has 6 aromatic carbocycles. The summed E-state index contributed by atoms with van der Waals surface area (Å²) < 4.78 is 178. The Morgan fingerprint density at radius 3 is 0.367 bits per heavy atom. The van der Waals surface area contributed by atoms with Crippen molar-refractivity contribution in [1.29, 1.82) is 0 Å². The molecule has 0 radical (unpaired) electrons. The maximum absolute atomic E-state index is 10.7. The Balaban J connectivity index is 0.000000409. The van der Waals surface area contributed by atoms with Crippen LogP contribution in [0.4, 0.5) is 75.5 Å². The summed E-state index contributed by atoms with van der Waals surface area (Å²) in [6.45, 7) is 0. The monoisotopic (exact) mass is 1060 g/mol. The van der Waals surface area contributed by atoms with Crippen molar-refractivity contribution < 1.29 is 95.0 Å². The number of hydrogen-bond acceptors (Lipinski definition) is 0. The van der Waals surface area contributed by atoms with E-state index < -0.39 is 39.3 Å². The zero-order chi connectivity index (χ0) is 45.1. The third-order valence-electron chi connectivity index (χ3n) is 6.09. The van der Waals surface area contributed by atoms with Gasteiger partial charge in [0.1, 0.15) is 0 Å². The van der Waals surface area contributed by atoms with Crippen LogP contribution in [-0.4, -0.2) is 0 Å². The van der Waals surface area contributed by atoms with Gasteiger partial charge in [-0.2, -0.15) is 0 Å². The molecule has 0 aliphatic heterocycles. The minimum Gasteiger partial charge on any atom is -0.0622 e. The van der Waals surface area contributed by atoms with Gasteiger partial charge in [-0.1, -0.05) is 182 Å². The van der Waals surface area contributed by atoms with Crippen molar-refractivity contribution in [3.05, 3.63) is 182 Å². The van der Waals surface area contributed by atoms with Crippen LogP contribution in [0.1, 0.15) is 0 Å². The molecule has 334 valence electrons. The van der Waals surface area contributed by atoms with Crippen molar-refractivity contribution in [3.63, 3.8) is 0 Å². The van der Waals surface area contributed by atoms with Crippen LogP contribution in [0.3, 0.4) is 0 Å². The van der Waals surface area contributed by atoms with Crippen molar-refractivity contribution >= 4 is 71.1 Å². The number of hydrogen-bond donors (Lipinski definition) is 0. The van der Waals surface area contributed by atoms with E-state index in [1.165, 1.54) is 31.8 Å². The second-order valence-electron chi connectivity index (χ2n) is 11.6. The van der Waals surface area contributed by atoms with Crippen LogP contribution in [-0.2, 0) is 19.5 Å². The maximum atomic E-state index is 9.87. The van der Waals surface area contributed by atoms with Gasteiger partial charge in [0.15, 0.2) is 0 Å². The zero-order valence-electron chi connectivity index (χ0n) is 29.7. The molecule has 0 amide bonds. The molecule has 6 rings (SSSR count). The Labute approximate surface area is 347 Å². The van der Waals surface area contributed by atoms with Crippen LogP contribution < -0.4 is 31.8 Å². The molecular formula is C36H30F18P5Rh. The van der Waals surface area contributed by atoms with E-state index in [1.807, 2.05) is 0 Å². The molecule has 0 N–H and O–H groups in total. The van der Waals surface area contributed by atoms with Gasteiger partial charge in [0.05, 0.1) is 0 Å². The normalized spacial score (nSPS) is 14.8. The summed E-state index contributed by atoms with van der Waals surface area (Å²) in [5.74, 6) is 0. The number of benzene rings is 6. The van der Waals surface area contributed by atoms with E-state index in [0.29, 0.717) is 0 Å². The van der Waals surface area contributed by atoms with E-state index in [1.54, 1.807) is 0 Å². The summed E-state index contributed by atoms with van der Waals surface area (Å²) in [5, 5.41) is 8.39. The molecule has 0 heterocycles. The second kappa shape index (κ2) is 18.3. The summed E-state index contributed by atoms with van der Waals surface area (Å²) in [6.07, 6.45) is 0. The van der Waals surface area contributed by atoms with Crippen LogP contribution >= 0.6 is 39.3 Å². The standard InChI is InChI=1S/2C18H15P.3F6P.Rh/c2*1-4-10-16(11-5-1)19(17-12-6-2-7-13-17)18-14-8-3-9-15-18;3*1-7(2,3,4,5)6;/h2*1-15H;;;;/q;;3*-1;+3. The zero-order valence-corrected chi connectivity index (χ0v) is 35.8. The predicted octanol–water partition coefficient (Wildman–Crippen LogP) is 17.0. The fraction of sp³-hybridized carbons (Fsp3) is 0. The first-order valence-corrected chi connectivity index (χ1v) is 24.6. The number of halogens is 18. The van der Waals surface area contributed by atoms with Gasteiger partial charge in [-0.15, -0.1) is 0 Å². The molecule has 0 spiro atoms. The predicted molar refractivity (Wildman–Crippen MR) is 211 cm³/mol. The molecule has 0 fully saturated rings. The second-order valence-corrected chi connectivity index (χ2v) is 21.7. The third-order valence-corrected chi connectivity index (χ3v) is 11.0. The van der Waals surface area contributed by atoms with Crippen LogP contribution in [0.15, 0.2) is 182 Å². The van der Waals surface area contributed by atoms with E-state index in [4.69, 9.17) is 0 Å². The Morgan fingerprint density at radius 1 is 0.200 bits per heavy atom. The van der Waals surface area contributed by atoms with Gasteiger partial charge < -0.3 is 0 Å². The smallest absolute Gasteiger partial charge is 0.0622 e. The van der Waals surface area contributed by atoms with Crippen molar-refractivity contribution in [3.8, 4) is 0 Å². The summed E-state index contributed by atoms with van der Waals surface area (Å²) in [7, 11) is -32.9. The van der Waals surface area contributed by atoms with Crippen LogP contribution in [0.5, 0.6) is 0 Å². The Kier molecular flexibility index (Phi) is 16.7. The number of rotatable bonds is 6. The van der Waals surface area contributed by atoms with Gasteiger partial charge in [0, 0.05) is 0 Å². The fourth-order valence-electron chi connectivity index (χ4n) is 4.36. The summed E-state index contributed by atoms with van der Waals surface area (Å²) in [4.78, 5) is 0. The van der Waals surface area contributed by atoms with Crippen molar-refractivity contribution in [2.75, 3.05) is 0 Å². The van der Waals surface area contributed by atoms with Gasteiger partial charge in [0.25, 0.3) is 0 Å². The molecule has 0 aliphatic rings. The van der Waals surface area contributed by atoms with Crippen molar-refractivity contribution in [1.82, 2.24) is 0 Å². The first-order valence-electron chi connectivity index (χ1n) is 15.8. The Hall–Kier alpha value is -3.17. The third kappa shape index (κ3) is 33.5. The minimum absolute atomic E-state index is 0. The van der Waals surface area contributed by atoms with Crippen molar-refractivity contribution in [2.24, 2.45) is 0 Å². The Morgan fingerprint density at radius 2 is 0.283 bits per heavy atom. The molecule has 0 atom stereocenters. The average Bonchev–Trinajstić information content (AvgIpc) is 3.08. The summed E-state index contributed by atoms with van der Waals surface area (Å²) in [5.41, 5.74) is 0. The molecule has 0 aromatic heterocycles. The van der Waals surface area contributed by atoms with Crippen LogP contribution in [0.2, 0.25) is 0 Å². The van der Waals surface area contributed by atoms with Gasteiger partial charge in [-0.3, -0.25) is 0 Å². The molecule has 24 heteroatoms. The fourth-order valence-corrected chi connectivity index (χ4v) is 8.97. The van der Waals surface area contributed by atoms with E-state index in [-0.39, 0.29) is 19.5 Å². The van der Waals surface area contributed by atoms with Crippen LogP contribution in [0.25, 0.3) is 0 Å². The molecule has 0 unspecified atom stereocenters. The van der Waals surface area contributed by atoms with Crippen LogP contribution in [0, 0.1) is 0 Å². The molecule has 0 bridgehead atoms.